The van der Waals surface area contributed by atoms with Gasteiger partial charge in [0.05, 0.1) is 5.69 Å². The Morgan fingerprint density at radius 3 is 2.57 bits per heavy atom. The zero-order valence-corrected chi connectivity index (χ0v) is 11.4. The van der Waals surface area contributed by atoms with Gasteiger partial charge in [0.15, 0.2) is 11.5 Å². The minimum atomic E-state index is -0.784. The summed E-state index contributed by atoms with van der Waals surface area (Å²) in [5.74, 6) is -0.839. The third-order valence-corrected chi connectivity index (χ3v) is 2.90. The topological polar surface area (TPSA) is 122 Å². The van der Waals surface area contributed by atoms with Crippen LogP contribution in [0.15, 0.2) is 28.0 Å². The number of esters is 1. The number of carbonyl (C=O) groups is 1. The van der Waals surface area contributed by atoms with Crippen molar-refractivity contribution in [1.29, 1.82) is 0 Å². The van der Waals surface area contributed by atoms with E-state index in [1.54, 1.807) is 0 Å². The van der Waals surface area contributed by atoms with Crippen LogP contribution < -0.4 is 17.0 Å². The monoisotopic (exact) mass is 291 g/mol. The van der Waals surface area contributed by atoms with Crippen LogP contribution in [0.2, 0.25) is 0 Å². The summed E-state index contributed by atoms with van der Waals surface area (Å²) >= 11 is 0. The number of hydrogen-bond donors (Lipinski definition) is 1. The average Bonchev–Trinajstić information content (AvgIpc) is 2.47. The van der Waals surface area contributed by atoms with Crippen LogP contribution in [0.5, 0.6) is 0 Å². The fourth-order valence-electron chi connectivity index (χ4n) is 1.63. The van der Waals surface area contributed by atoms with Gasteiger partial charge in [-0.1, -0.05) is 0 Å². The third-order valence-electron chi connectivity index (χ3n) is 2.90. The van der Waals surface area contributed by atoms with E-state index in [0.29, 0.717) is 0 Å². The van der Waals surface area contributed by atoms with Gasteiger partial charge in [-0.3, -0.25) is 13.9 Å². The number of ether oxygens (including phenoxy) is 1. The van der Waals surface area contributed by atoms with Gasteiger partial charge in [0.2, 0.25) is 0 Å². The maximum atomic E-state index is 11.8. The van der Waals surface area contributed by atoms with E-state index in [2.05, 4.69) is 9.97 Å². The maximum absolute atomic E-state index is 11.8. The summed E-state index contributed by atoms with van der Waals surface area (Å²) < 4.78 is 7.16. The Bertz CT molecular complexity index is 808. The lowest BCUT2D eigenvalue weighted by Crippen LogP contribution is -2.38. The van der Waals surface area contributed by atoms with E-state index in [1.807, 2.05) is 0 Å². The quantitative estimate of drug-likeness (QED) is 0.706. The van der Waals surface area contributed by atoms with E-state index >= 15 is 0 Å². The molecule has 21 heavy (non-hydrogen) atoms. The van der Waals surface area contributed by atoms with Gasteiger partial charge in [0.1, 0.15) is 6.61 Å². The van der Waals surface area contributed by atoms with Crippen LogP contribution in [0.3, 0.4) is 0 Å². The highest BCUT2D eigenvalue weighted by Crippen LogP contribution is 2.06. The lowest BCUT2D eigenvalue weighted by Gasteiger charge is -2.10. The molecule has 0 radical (unpaired) electrons. The molecule has 0 fully saturated rings. The predicted molar refractivity (Wildman–Crippen MR) is 72.5 cm³/mol. The number of hydrogen-bond acceptors (Lipinski definition) is 7. The Labute approximate surface area is 118 Å². The highest BCUT2D eigenvalue weighted by Gasteiger charge is 2.15. The molecule has 2 rings (SSSR count). The summed E-state index contributed by atoms with van der Waals surface area (Å²) in [6, 6.07) is 1.22. The molecule has 0 aromatic carbocycles. The first kappa shape index (κ1) is 14.4. The van der Waals surface area contributed by atoms with Crippen molar-refractivity contribution in [2.45, 2.75) is 6.61 Å². The van der Waals surface area contributed by atoms with Crippen molar-refractivity contribution in [3.63, 3.8) is 0 Å². The zero-order chi connectivity index (χ0) is 15.6. The molecule has 0 aliphatic rings. The van der Waals surface area contributed by atoms with Crippen LogP contribution in [-0.2, 0) is 25.4 Å². The second-order valence-electron chi connectivity index (χ2n) is 4.24. The Hall–Kier alpha value is -2.97. The molecule has 0 unspecified atom stereocenters. The molecule has 9 nitrogen and oxygen atoms in total. The number of rotatable bonds is 3. The second-order valence-corrected chi connectivity index (χ2v) is 4.24. The summed E-state index contributed by atoms with van der Waals surface area (Å²) in [6.45, 7) is -0.253. The average molecular weight is 291 g/mol. The lowest BCUT2D eigenvalue weighted by molar-refractivity contribution is 0.0456. The molecule has 0 saturated carbocycles. The molecule has 0 aliphatic carbocycles. The Morgan fingerprint density at radius 1 is 1.24 bits per heavy atom. The number of aromatic nitrogens is 4. The lowest BCUT2D eigenvalue weighted by atomic mass is 10.4. The third kappa shape index (κ3) is 2.81. The largest absolute Gasteiger partial charge is 0.454 e. The van der Waals surface area contributed by atoms with Crippen molar-refractivity contribution in [3.05, 3.63) is 50.7 Å². The number of nitrogens with zero attached hydrogens (tertiary/aromatic N) is 4. The molecular weight excluding hydrogens is 278 g/mol. The Balaban J connectivity index is 2.22. The first-order chi connectivity index (χ1) is 9.91. The van der Waals surface area contributed by atoms with E-state index in [1.165, 1.54) is 37.1 Å². The molecular formula is C12H13N5O4. The molecule has 2 heterocycles. The first-order valence-corrected chi connectivity index (χ1v) is 5.91. The molecule has 0 atom stereocenters. The first-order valence-electron chi connectivity index (χ1n) is 5.91. The Kier molecular flexibility index (Phi) is 3.83. The summed E-state index contributed by atoms with van der Waals surface area (Å²) in [4.78, 5) is 42.6. The highest BCUT2D eigenvalue weighted by molar-refractivity contribution is 5.91. The van der Waals surface area contributed by atoms with E-state index in [0.717, 1.165) is 4.57 Å². The molecule has 2 aromatic rings. The van der Waals surface area contributed by atoms with E-state index < -0.39 is 17.2 Å². The van der Waals surface area contributed by atoms with E-state index in [9.17, 15) is 14.4 Å². The Morgan fingerprint density at radius 2 is 1.90 bits per heavy atom. The molecule has 0 aliphatic heterocycles. The molecule has 0 amide bonds. The highest BCUT2D eigenvalue weighted by atomic mass is 16.5. The van der Waals surface area contributed by atoms with Gasteiger partial charge in [-0.15, -0.1) is 0 Å². The predicted octanol–water partition coefficient (Wildman–Crippen LogP) is -1.19. The van der Waals surface area contributed by atoms with Crippen molar-refractivity contribution < 1.29 is 9.53 Å². The fraction of sp³-hybridized carbons (Fsp3) is 0.250. The van der Waals surface area contributed by atoms with Gasteiger partial charge in [-0.2, -0.15) is 0 Å². The van der Waals surface area contributed by atoms with Gasteiger partial charge in [-0.25, -0.2) is 19.6 Å². The smallest absolute Gasteiger partial charge is 0.361 e. The van der Waals surface area contributed by atoms with Crippen molar-refractivity contribution in [3.8, 4) is 0 Å². The van der Waals surface area contributed by atoms with Crippen molar-refractivity contribution in [2.75, 3.05) is 5.73 Å². The molecule has 0 spiro atoms. The number of carbonyl (C=O) groups excluding carboxylic acids is 1. The molecule has 0 bridgehead atoms. The van der Waals surface area contributed by atoms with Crippen LogP contribution in [0, 0.1) is 0 Å². The van der Waals surface area contributed by atoms with Gasteiger partial charge in [-0.05, 0) is 0 Å². The summed E-state index contributed by atoms with van der Waals surface area (Å²) in [5.41, 5.74) is 4.66. The molecule has 0 saturated heterocycles. The summed E-state index contributed by atoms with van der Waals surface area (Å²) in [6.07, 6.45) is 2.65. The molecule has 2 aromatic heterocycles. The van der Waals surface area contributed by atoms with Crippen LogP contribution in [0.25, 0.3) is 0 Å². The summed E-state index contributed by atoms with van der Waals surface area (Å²) in [5, 5.41) is 0. The van der Waals surface area contributed by atoms with Crippen LogP contribution >= 0.6 is 0 Å². The van der Waals surface area contributed by atoms with Crippen molar-refractivity contribution >= 4 is 11.8 Å². The van der Waals surface area contributed by atoms with Gasteiger partial charge in [0, 0.05) is 32.6 Å². The van der Waals surface area contributed by atoms with Gasteiger partial charge >= 0.3 is 11.7 Å². The standard InChI is InChI=1S/C12H13N5O4/c1-16-7(5-8(18)17(2)12(16)20)6-21-11(19)9-10(13)15-4-3-14-9/h3-5H,6H2,1-2H3,(H2,13,15). The number of anilines is 1. The maximum Gasteiger partial charge on any atom is 0.361 e. The van der Waals surface area contributed by atoms with Crippen molar-refractivity contribution in [1.82, 2.24) is 19.1 Å². The fourth-order valence-corrected chi connectivity index (χ4v) is 1.63. The SMILES string of the molecule is Cn1c(COC(=O)c2nccnc2N)cc(=O)n(C)c1=O. The minimum Gasteiger partial charge on any atom is -0.454 e. The molecule has 110 valence electrons. The number of nitrogen functional groups attached to an aromatic ring is 1. The minimum absolute atomic E-state index is 0.0552. The number of nitrogens with two attached hydrogens (primary N) is 1. The van der Waals surface area contributed by atoms with Crippen LogP contribution in [0.1, 0.15) is 16.2 Å². The second kappa shape index (κ2) is 5.57. The van der Waals surface area contributed by atoms with Crippen LogP contribution in [-0.4, -0.2) is 25.1 Å². The zero-order valence-electron chi connectivity index (χ0n) is 11.4. The van der Waals surface area contributed by atoms with E-state index in [-0.39, 0.29) is 23.8 Å². The van der Waals surface area contributed by atoms with Gasteiger partial charge < -0.3 is 10.5 Å². The summed E-state index contributed by atoms with van der Waals surface area (Å²) in [7, 11) is 2.84. The van der Waals surface area contributed by atoms with Crippen LogP contribution in [0.4, 0.5) is 5.82 Å². The van der Waals surface area contributed by atoms with E-state index in [4.69, 9.17) is 10.5 Å². The molecule has 2 N–H and O–H groups in total. The van der Waals surface area contributed by atoms with Crippen molar-refractivity contribution in [2.24, 2.45) is 14.1 Å². The normalized spacial score (nSPS) is 10.4. The molecule has 9 heteroatoms. The van der Waals surface area contributed by atoms with Gasteiger partial charge in [0.25, 0.3) is 5.56 Å².